The summed E-state index contributed by atoms with van der Waals surface area (Å²) >= 11 is 0. The number of nitrogens with zero attached hydrogens (tertiary/aromatic N) is 2. The number of ether oxygens (including phenoxy) is 1. The number of primary amides is 1. The smallest absolute Gasteiger partial charge is 0.228 e. The van der Waals surface area contributed by atoms with Gasteiger partial charge in [0.1, 0.15) is 17.4 Å². The third kappa shape index (κ3) is 3.95. The van der Waals surface area contributed by atoms with Crippen molar-refractivity contribution in [3.05, 3.63) is 65.5 Å². The van der Waals surface area contributed by atoms with Gasteiger partial charge >= 0.3 is 0 Å². The van der Waals surface area contributed by atoms with Crippen LogP contribution in [0.25, 0.3) is 5.52 Å². The third-order valence-electron chi connectivity index (χ3n) is 5.20. The van der Waals surface area contributed by atoms with Crippen LogP contribution < -0.4 is 10.5 Å². The molecule has 0 radical (unpaired) electrons. The van der Waals surface area contributed by atoms with Gasteiger partial charge in [0, 0.05) is 29.5 Å². The van der Waals surface area contributed by atoms with E-state index in [1.165, 1.54) is 12.1 Å². The number of carbonyl (C=O) groups is 1. The number of benzene rings is 1. The zero-order chi connectivity index (χ0) is 21.4. The van der Waals surface area contributed by atoms with E-state index in [-0.39, 0.29) is 24.3 Å². The number of pyridine rings is 1. The zero-order valence-electron chi connectivity index (χ0n) is 17.0. The highest BCUT2D eigenvalue weighted by Crippen LogP contribution is 2.33. The lowest BCUT2D eigenvalue weighted by molar-refractivity contribution is -0.123. The van der Waals surface area contributed by atoms with Gasteiger partial charge in [-0.05, 0) is 30.9 Å². The van der Waals surface area contributed by atoms with Crippen LogP contribution in [0, 0.1) is 11.6 Å². The van der Waals surface area contributed by atoms with Crippen LogP contribution in [0.4, 0.5) is 8.78 Å². The van der Waals surface area contributed by atoms with Gasteiger partial charge in [-0.15, -0.1) is 0 Å². The first-order valence-electron chi connectivity index (χ1n) is 9.39. The minimum atomic E-state index is -1.05. The summed E-state index contributed by atoms with van der Waals surface area (Å²) in [4.78, 5) is 12.3. The van der Waals surface area contributed by atoms with Gasteiger partial charge in [-0.1, -0.05) is 26.8 Å². The lowest BCUT2D eigenvalue weighted by Crippen LogP contribution is -2.39. The Morgan fingerprint density at radius 1 is 1.17 bits per heavy atom. The molecule has 0 saturated carbocycles. The lowest BCUT2D eigenvalue weighted by Gasteiger charge is -2.26. The fourth-order valence-corrected chi connectivity index (χ4v) is 3.47. The molecule has 0 fully saturated rings. The molecular weight excluding hydrogens is 376 g/mol. The normalized spacial score (nSPS) is 14.0. The largest absolute Gasteiger partial charge is 0.493 e. The quantitative estimate of drug-likeness (QED) is 0.675. The number of hydrogen-bond acceptors (Lipinski definition) is 3. The van der Waals surface area contributed by atoms with Crippen molar-refractivity contribution in [1.29, 1.82) is 0 Å². The summed E-state index contributed by atoms with van der Waals surface area (Å²) in [5, 5.41) is 4.26. The summed E-state index contributed by atoms with van der Waals surface area (Å²) in [5.41, 5.74) is 5.43. The van der Waals surface area contributed by atoms with Crippen molar-refractivity contribution >= 4 is 11.4 Å². The molecule has 0 saturated heterocycles. The molecule has 2 aromatic heterocycles. The van der Waals surface area contributed by atoms with Crippen LogP contribution >= 0.6 is 0 Å². The summed E-state index contributed by atoms with van der Waals surface area (Å²) in [6, 6.07) is 7.86. The second-order valence-electron chi connectivity index (χ2n) is 8.40. The van der Waals surface area contributed by atoms with Gasteiger partial charge in [-0.3, -0.25) is 4.79 Å². The highest BCUT2D eigenvalue weighted by Gasteiger charge is 2.36. The van der Waals surface area contributed by atoms with E-state index >= 15 is 0 Å². The molecule has 1 amide bonds. The number of aromatic nitrogens is 2. The molecule has 0 aliphatic heterocycles. The summed E-state index contributed by atoms with van der Waals surface area (Å²) < 4.78 is 36.0. The van der Waals surface area contributed by atoms with Crippen LogP contribution in [0.15, 0.2) is 42.7 Å². The number of hydrogen-bond donors (Lipinski definition) is 1. The number of carbonyl (C=O) groups excluding carboxylic acids is 1. The molecule has 29 heavy (non-hydrogen) atoms. The standard InChI is InChI=1S/C22H25F2N3O2/c1-21(2,3)19-16(23)11-14(12-17(19)24)29-10-8-22(4,20(25)28)15-13-26-27-9-6-5-7-18(15)27/h5-7,9,11-13H,8,10H2,1-4H3,(H2,25,28). The first-order valence-corrected chi connectivity index (χ1v) is 9.39. The Morgan fingerprint density at radius 2 is 1.83 bits per heavy atom. The van der Waals surface area contributed by atoms with E-state index in [0.717, 1.165) is 5.52 Å². The second-order valence-corrected chi connectivity index (χ2v) is 8.40. The molecule has 0 aliphatic rings. The van der Waals surface area contributed by atoms with E-state index in [1.807, 2.05) is 18.2 Å². The number of rotatable bonds is 6. The number of nitrogens with two attached hydrogens (primary N) is 1. The van der Waals surface area contributed by atoms with Crippen LogP contribution in [-0.4, -0.2) is 22.1 Å². The molecule has 7 heteroatoms. The number of halogens is 2. The number of fused-ring (bicyclic) bond motifs is 1. The van der Waals surface area contributed by atoms with Crippen LogP contribution in [0.5, 0.6) is 5.75 Å². The van der Waals surface area contributed by atoms with Gasteiger partial charge in [0.05, 0.1) is 23.7 Å². The second kappa shape index (κ2) is 7.46. The predicted octanol–water partition coefficient (Wildman–Crippen LogP) is 4.12. The molecule has 0 bridgehead atoms. The van der Waals surface area contributed by atoms with Crippen molar-refractivity contribution in [2.45, 2.75) is 44.9 Å². The molecular formula is C22H25F2N3O2. The van der Waals surface area contributed by atoms with Crippen LogP contribution in [0.1, 0.15) is 45.2 Å². The molecule has 1 unspecified atom stereocenters. The Labute approximate surface area is 168 Å². The summed E-state index contributed by atoms with van der Waals surface area (Å²) in [6.45, 7) is 6.99. The zero-order valence-corrected chi connectivity index (χ0v) is 17.0. The number of amides is 1. The van der Waals surface area contributed by atoms with E-state index in [4.69, 9.17) is 10.5 Å². The van der Waals surface area contributed by atoms with Crippen molar-refractivity contribution in [3.8, 4) is 5.75 Å². The topological polar surface area (TPSA) is 69.6 Å². The van der Waals surface area contributed by atoms with Gasteiger partial charge < -0.3 is 10.5 Å². The van der Waals surface area contributed by atoms with E-state index in [1.54, 1.807) is 44.6 Å². The third-order valence-corrected chi connectivity index (χ3v) is 5.20. The van der Waals surface area contributed by atoms with Crippen molar-refractivity contribution in [1.82, 2.24) is 9.61 Å². The maximum absolute atomic E-state index is 14.4. The summed E-state index contributed by atoms with van der Waals surface area (Å²) in [5.74, 6) is -1.78. The lowest BCUT2D eigenvalue weighted by atomic mass is 9.79. The minimum Gasteiger partial charge on any atom is -0.493 e. The van der Waals surface area contributed by atoms with Gasteiger partial charge in [0.2, 0.25) is 5.91 Å². The maximum atomic E-state index is 14.4. The van der Waals surface area contributed by atoms with E-state index in [2.05, 4.69) is 5.10 Å². The van der Waals surface area contributed by atoms with E-state index in [0.29, 0.717) is 5.56 Å². The first-order chi connectivity index (χ1) is 13.5. The maximum Gasteiger partial charge on any atom is 0.228 e. The molecule has 1 aromatic carbocycles. The molecule has 154 valence electrons. The van der Waals surface area contributed by atoms with Gasteiger partial charge in [-0.2, -0.15) is 5.10 Å². The Hall–Kier alpha value is -2.96. The molecule has 3 aromatic rings. The molecule has 5 nitrogen and oxygen atoms in total. The summed E-state index contributed by atoms with van der Waals surface area (Å²) in [7, 11) is 0. The van der Waals surface area contributed by atoms with Crippen LogP contribution in [-0.2, 0) is 15.6 Å². The highest BCUT2D eigenvalue weighted by molar-refractivity contribution is 5.88. The first kappa shape index (κ1) is 20.8. The van der Waals surface area contributed by atoms with Gasteiger partial charge in [0.25, 0.3) is 0 Å². The van der Waals surface area contributed by atoms with Crippen LogP contribution in [0.2, 0.25) is 0 Å². The minimum absolute atomic E-state index is 0.0122. The molecule has 0 spiro atoms. The van der Waals surface area contributed by atoms with Crippen molar-refractivity contribution in [3.63, 3.8) is 0 Å². The molecule has 1 atom stereocenters. The van der Waals surface area contributed by atoms with Crippen molar-refractivity contribution in [2.75, 3.05) is 6.61 Å². The predicted molar refractivity (Wildman–Crippen MR) is 107 cm³/mol. The molecule has 2 heterocycles. The van der Waals surface area contributed by atoms with Gasteiger partial charge in [0.15, 0.2) is 0 Å². The molecule has 2 N–H and O–H groups in total. The van der Waals surface area contributed by atoms with Crippen molar-refractivity contribution in [2.24, 2.45) is 5.73 Å². The average Bonchev–Trinajstić information content (AvgIpc) is 3.04. The fourth-order valence-electron chi connectivity index (χ4n) is 3.47. The Bertz CT molecular complexity index is 1030. The average molecular weight is 401 g/mol. The molecule has 3 rings (SSSR count). The van der Waals surface area contributed by atoms with Crippen molar-refractivity contribution < 1.29 is 18.3 Å². The van der Waals surface area contributed by atoms with E-state index in [9.17, 15) is 13.6 Å². The highest BCUT2D eigenvalue weighted by atomic mass is 19.1. The van der Waals surface area contributed by atoms with E-state index < -0.39 is 28.4 Å². The fraction of sp³-hybridized carbons (Fsp3) is 0.364. The Balaban J connectivity index is 1.81. The Kier molecular flexibility index (Phi) is 5.34. The van der Waals surface area contributed by atoms with Crippen LogP contribution in [0.3, 0.4) is 0 Å². The molecule has 0 aliphatic carbocycles. The summed E-state index contributed by atoms with van der Waals surface area (Å²) in [6.07, 6.45) is 3.61. The Morgan fingerprint density at radius 3 is 2.41 bits per heavy atom. The van der Waals surface area contributed by atoms with Gasteiger partial charge in [-0.25, -0.2) is 13.3 Å². The SMILES string of the molecule is CC(C)(C)c1c(F)cc(OCCC(C)(C(N)=O)c2cnn3ccccc23)cc1F. The monoisotopic (exact) mass is 401 g/mol.